The van der Waals surface area contributed by atoms with Crippen molar-refractivity contribution in [2.45, 2.75) is 65.7 Å². The van der Waals surface area contributed by atoms with Crippen LogP contribution in [-0.4, -0.2) is 50.0 Å². The average Bonchev–Trinajstić information content (AvgIpc) is 2.61. The highest BCUT2D eigenvalue weighted by Crippen LogP contribution is 2.21. The molecule has 6 heteroatoms. The monoisotopic (exact) mass is 466 g/mol. The van der Waals surface area contributed by atoms with E-state index in [9.17, 15) is 4.79 Å². The summed E-state index contributed by atoms with van der Waals surface area (Å²) in [6, 6.07) is 0. The fourth-order valence-electron chi connectivity index (χ4n) is 3.27. The van der Waals surface area contributed by atoms with Gasteiger partial charge in [0.05, 0.1) is 0 Å². The maximum absolute atomic E-state index is 11.5. The highest BCUT2D eigenvalue weighted by atomic mass is 127. The number of hydrogen-bond donors (Lipinski definition) is 2. The summed E-state index contributed by atoms with van der Waals surface area (Å²) < 4.78 is 0. The minimum absolute atomic E-state index is 0. The first kappa shape index (κ1) is 24.5. The van der Waals surface area contributed by atoms with Crippen LogP contribution >= 0.6 is 24.0 Å². The van der Waals surface area contributed by atoms with Crippen LogP contribution in [0.3, 0.4) is 0 Å². The zero-order valence-electron chi connectivity index (χ0n) is 16.6. The first-order chi connectivity index (χ1) is 11.6. The number of unbranched alkanes of at least 4 members (excludes halogenated alkanes) is 1. The van der Waals surface area contributed by atoms with E-state index in [1.165, 1.54) is 25.7 Å². The third kappa shape index (κ3) is 9.66. The van der Waals surface area contributed by atoms with Crippen molar-refractivity contribution < 1.29 is 4.79 Å². The minimum Gasteiger partial charge on any atom is -0.359 e. The van der Waals surface area contributed by atoms with Crippen molar-refractivity contribution in [1.29, 1.82) is 0 Å². The molecule has 0 radical (unpaired) electrons. The summed E-state index contributed by atoms with van der Waals surface area (Å²) in [7, 11) is 1.72. The number of nitrogens with zero attached hydrogens (tertiary/aromatic N) is 2. The number of rotatable bonds is 9. The lowest BCUT2D eigenvalue weighted by molar-refractivity contribution is -0.121. The number of carbonyl (C=O) groups excluding carboxylic acids is 1. The molecule has 1 fully saturated rings. The Morgan fingerprint density at radius 2 is 1.92 bits per heavy atom. The van der Waals surface area contributed by atoms with E-state index < -0.39 is 0 Å². The molecular formula is C19H39IN4O. The molecule has 0 spiro atoms. The molecule has 148 valence electrons. The quantitative estimate of drug-likeness (QED) is 0.310. The SMILES string of the molecule is CCCCC(CC)CN=C(NCC)N1CCC(CC(=O)NC)CC1.I. The highest BCUT2D eigenvalue weighted by Gasteiger charge is 2.23. The number of aliphatic imine (C=N–C) groups is 1. The predicted octanol–water partition coefficient (Wildman–Crippen LogP) is 3.63. The summed E-state index contributed by atoms with van der Waals surface area (Å²) in [6.07, 6.45) is 7.86. The molecule has 0 bridgehead atoms. The molecule has 0 aromatic heterocycles. The first-order valence-electron chi connectivity index (χ1n) is 9.88. The molecule has 0 aliphatic carbocycles. The molecule has 1 heterocycles. The number of hydrogen-bond acceptors (Lipinski definition) is 2. The van der Waals surface area contributed by atoms with Gasteiger partial charge >= 0.3 is 0 Å². The van der Waals surface area contributed by atoms with Crippen LogP contribution in [0.2, 0.25) is 0 Å². The second-order valence-corrected chi connectivity index (χ2v) is 6.92. The Labute approximate surface area is 171 Å². The van der Waals surface area contributed by atoms with Crippen LogP contribution in [0.5, 0.6) is 0 Å². The molecule has 1 saturated heterocycles. The van der Waals surface area contributed by atoms with Crippen LogP contribution in [0.1, 0.15) is 65.7 Å². The molecule has 2 N–H and O–H groups in total. The maximum atomic E-state index is 11.5. The van der Waals surface area contributed by atoms with E-state index in [-0.39, 0.29) is 29.9 Å². The number of halogens is 1. The third-order valence-corrected chi connectivity index (χ3v) is 5.04. The Kier molecular flexibility index (Phi) is 14.3. The van der Waals surface area contributed by atoms with Gasteiger partial charge in [0.2, 0.25) is 5.91 Å². The van der Waals surface area contributed by atoms with E-state index in [4.69, 9.17) is 4.99 Å². The first-order valence-corrected chi connectivity index (χ1v) is 9.88. The van der Waals surface area contributed by atoms with Gasteiger partial charge in [0.15, 0.2) is 5.96 Å². The molecule has 1 rings (SSSR count). The Morgan fingerprint density at radius 1 is 1.24 bits per heavy atom. The smallest absolute Gasteiger partial charge is 0.220 e. The van der Waals surface area contributed by atoms with Crippen molar-refractivity contribution in [2.75, 3.05) is 33.2 Å². The fourth-order valence-corrected chi connectivity index (χ4v) is 3.27. The van der Waals surface area contributed by atoms with Crippen LogP contribution in [-0.2, 0) is 4.79 Å². The zero-order chi connectivity index (χ0) is 17.8. The predicted molar refractivity (Wildman–Crippen MR) is 118 cm³/mol. The molecule has 1 aliphatic heterocycles. The zero-order valence-corrected chi connectivity index (χ0v) is 19.0. The molecule has 25 heavy (non-hydrogen) atoms. The van der Waals surface area contributed by atoms with Gasteiger partial charge in [-0.3, -0.25) is 9.79 Å². The number of piperidine rings is 1. The third-order valence-electron chi connectivity index (χ3n) is 5.04. The van der Waals surface area contributed by atoms with E-state index >= 15 is 0 Å². The maximum Gasteiger partial charge on any atom is 0.220 e. The highest BCUT2D eigenvalue weighted by molar-refractivity contribution is 14.0. The normalized spacial score (nSPS) is 17.0. The Morgan fingerprint density at radius 3 is 2.44 bits per heavy atom. The molecule has 5 nitrogen and oxygen atoms in total. The van der Waals surface area contributed by atoms with Crippen LogP contribution in [0.25, 0.3) is 0 Å². The molecule has 0 saturated carbocycles. The second kappa shape index (κ2) is 14.6. The molecule has 1 unspecified atom stereocenters. The number of likely N-dealkylation sites (tertiary alicyclic amines) is 1. The lowest BCUT2D eigenvalue weighted by Crippen LogP contribution is -2.46. The van der Waals surface area contributed by atoms with Gasteiger partial charge in [-0.15, -0.1) is 24.0 Å². The van der Waals surface area contributed by atoms with Gasteiger partial charge < -0.3 is 15.5 Å². The fraction of sp³-hybridized carbons (Fsp3) is 0.895. The second-order valence-electron chi connectivity index (χ2n) is 6.92. The van der Waals surface area contributed by atoms with E-state index in [2.05, 4.69) is 36.3 Å². The van der Waals surface area contributed by atoms with Crippen LogP contribution in [0.15, 0.2) is 4.99 Å². The summed E-state index contributed by atoms with van der Waals surface area (Å²) in [6.45, 7) is 10.5. The standard InChI is InChI=1S/C19H38N4O.HI/c1-5-8-9-16(6-2)15-22-19(21-7-3)23-12-10-17(11-13-23)14-18(24)20-4;/h16-17H,5-15H2,1-4H3,(H,20,24)(H,21,22);1H. The van der Waals surface area contributed by atoms with Gasteiger partial charge in [0.25, 0.3) is 0 Å². The number of nitrogens with one attached hydrogen (secondary N) is 2. The molecule has 1 atom stereocenters. The van der Waals surface area contributed by atoms with Crippen LogP contribution < -0.4 is 10.6 Å². The Bertz CT molecular complexity index is 382. The number of carbonyl (C=O) groups is 1. The van der Waals surface area contributed by atoms with Gasteiger partial charge in [-0.2, -0.15) is 0 Å². The summed E-state index contributed by atoms with van der Waals surface area (Å²) in [5.41, 5.74) is 0. The topological polar surface area (TPSA) is 56.7 Å². The number of guanidine groups is 1. The van der Waals surface area contributed by atoms with Crippen molar-refractivity contribution in [2.24, 2.45) is 16.8 Å². The van der Waals surface area contributed by atoms with E-state index in [1.807, 2.05) is 0 Å². The number of amides is 1. The Balaban J connectivity index is 0.00000576. The summed E-state index contributed by atoms with van der Waals surface area (Å²) >= 11 is 0. The van der Waals surface area contributed by atoms with Crippen molar-refractivity contribution >= 4 is 35.8 Å². The molecule has 1 aliphatic rings. The van der Waals surface area contributed by atoms with E-state index in [0.29, 0.717) is 18.3 Å². The van der Waals surface area contributed by atoms with Crippen LogP contribution in [0.4, 0.5) is 0 Å². The van der Waals surface area contributed by atoms with Crippen LogP contribution in [0, 0.1) is 11.8 Å². The van der Waals surface area contributed by atoms with Gasteiger partial charge in [-0.05, 0) is 38.0 Å². The summed E-state index contributed by atoms with van der Waals surface area (Å²) in [5.74, 6) is 2.43. The Hall–Kier alpha value is -0.530. The summed E-state index contributed by atoms with van der Waals surface area (Å²) in [5, 5.41) is 6.19. The molecular weight excluding hydrogens is 427 g/mol. The molecule has 0 aromatic carbocycles. The van der Waals surface area contributed by atoms with Gasteiger partial charge in [0.1, 0.15) is 0 Å². The van der Waals surface area contributed by atoms with Crippen molar-refractivity contribution in [3.8, 4) is 0 Å². The minimum atomic E-state index is 0. The summed E-state index contributed by atoms with van der Waals surface area (Å²) in [4.78, 5) is 18.8. The molecule has 0 aromatic rings. The molecule has 1 amide bonds. The lowest BCUT2D eigenvalue weighted by Gasteiger charge is -2.34. The van der Waals surface area contributed by atoms with Crippen molar-refractivity contribution in [1.82, 2.24) is 15.5 Å². The van der Waals surface area contributed by atoms with Crippen molar-refractivity contribution in [3.05, 3.63) is 0 Å². The van der Waals surface area contributed by atoms with Gasteiger partial charge in [0, 0.05) is 39.6 Å². The van der Waals surface area contributed by atoms with Crippen molar-refractivity contribution in [3.63, 3.8) is 0 Å². The largest absolute Gasteiger partial charge is 0.359 e. The van der Waals surface area contributed by atoms with Gasteiger partial charge in [-0.1, -0.05) is 33.1 Å². The van der Waals surface area contributed by atoms with Gasteiger partial charge in [-0.25, -0.2) is 0 Å². The van der Waals surface area contributed by atoms with E-state index in [1.54, 1.807) is 7.05 Å². The average molecular weight is 466 g/mol. The lowest BCUT2D eigenvalue weighted by atomic mass is 9.93. The van der Waals surface area contributed by atoms with E-state index in [0.717, 1.165) is 45.0 Å².